The molecule has 0 atom stereocenters. The molecule has 0 amide bonds. The van der Waals surface area contributed by atoms with Crippen LogP contribution in [0, 0.1) is 5.82 Å². The molecule has 1 aromatic carbocycles. The molecule has 0 unspecified atom stereocenters. The van der Waals surface area contributed by atoms with Crippen LogP contribution in [0.2, 0.25) is 5.02 Å². The van der Waals surface area contributed by atoms with E-state index in [1.54, 1.807) is 0 Å². The van der Waals surface area contributed by atoms with Gasteiger partial charge < -0.3 is 10.6 Å². The maximum Gasteiger partial charge on any atom is 0.419 e. The van der Waals surface area contributed by atoms with Crippen LogP contribution in [0.1, 0.15) is 22.4 Å². The van der Waals surface area contributed by atoms with Gasteiger partial charge in [0.2, 0.25) is 0 Å². The summed E-state index contributed by atoms with van der Waals surface area (Å²) in [5, 5.41) is 5.90. The van der Waals surface area contributed by atoms with Gasteiger partial charge in [-0.1, -0.05) is 17.7 Å². The van der Waals surface area contributed by atoms with Crippen LogP contribution in [0.15, 0.2) is 24.3 Å². The quantitative estimate of drug-likeness (QED) is 0.808. The van der Waals surface area contributed by atoms with Gasteiger partial charge in [-0.3, -0.25) is 0 Å². The van der Waals surface area contributed by atoms with Crippen LogP contribution in [0.4, 0.5) is 23.4 Å². The Morgan fingerprint density at radius 2 is 2.04 bits per heavy atom. The molecule has 2 aromatic rings. The molecule has 0 saturated carbocycles. The molecule has 2 heterocycles. The summed E-state index contributed by atoms with van der Waals surface area (Å²) >= 11 is 5.67. The van der Waals surface area contributed by atoms with Gasteiger partial charge in [-0.25, -0.2) is 9.37 Å². The van der Waals surface area contributed by atoms with E-state index in [9.17, 15) is 17.6 Å². The second-order valence-electron chi connectivity index (χ2n) is 5.50. The zero-order valence-electron chi connectivity index (χ0n) is 12.5. The molecule has 0 spiro atoms. The topological polar surface area (TPSA) is 37.0 Å². The Balaban J connectivity index is 1.91. The minimum absolute atomic E-state index is 0.120. The fourth-order valence-electron chi connectivity index (χ4n) is 2.59. The average Bonchev–Trinajstić information content (AvgIpc) is 2.52. The molecule has 0 radical (unpaired) electrons. The number of anilines is 1. The molecule has 24 heavy (non-hydrogen) atoms. The van der Waals surface area contributed by atoms with E-state index in [1.165, 1.54) is 12.1 Å². The highest BCUT2D eigenvalue weighted by atomic mass is 35.5. The first-order valence-electron chi connectivity index (χ1n) is 7.33. The third-order valence-corrected chi connectivity index (χ3v) is 4.06. The second kappa shape index (κ2) is 6.57. The Hall–Kier alpha value is -1.86. The molecular weight excluding hydrogens is 346 g/mol. The Bertz CT molecular complexity index is 762. The SMILES string of the molecule is Fc1cc(Cl)ccc1CNc1nc2c(cc1C(F)(F)F)CCNC2. The molecule has 0 fully saturated rings. The van der Waals surface area contributed by atoms with Crippen LogP contribution in [0.3, 0.4) is 0 Å². The summed E-state index contributed by atoms with van der Waals surface area (Å²) in [6.45, 7) is 0.914. The molecule has 1 aliphatic rings. The highest BCUT2D eigenvalue weighted by Crippen LogP contribution is 2.36. The summed E-state index contributed by atoms with van der Waals surface area (Å²) in [7, 11) is 0. The van der Waals surface area contributed by atoms with E-state index >= 15 is 0 Å². The number of nitrogens with one attached hydrogen (secondary N) is 2. The number of fused-ring (bicyclic) bond motifs is 1. The van der Waals surface area contributed by atoms with Crippen LogP contribution in [0.5, 0.6) is 0 Å². The van der Waals surface area contributed by atoms with Crippen molar-refractivity contribution in [3.8, 4) is 0 Å². The minimum atomic E-state index is -4.53. The molecular formula is C16H14ClF4N3. The lowest BCUT2D eigenvalue weighted by molar-refractivity contribution is -0.137. The molecule has 3 rings (SSSR count). The first kappa shape index (κ1) is 17.0. The Kier molecular flexibility index (Phi) is 4.64. The van der Waals surface area contributed by atoms with Crippen molar-refractivity contribution in [1.29, 1.82) is 0 Å². The maximum atomic E-state index is 13.8. The van der Waals surface area contributed by atoms with Crippen LogP contribution in [-0.4, -0.2) is 11.5 Å². The van der Waals surface area contributed by atoms with Crippen molar-refractivity contribution in [2.24, 2.45) is 0 Å². The van der Waals surface area contributed by atoms with Crippen molar-refractivity contribution in [1.82, 2.24) is 10.3 Å². The van der Waals surface area contributed by atoms with E-state index < -0.39 is 17.6 Å². The fraction of sp³-hybridized carbons (Fsp3) is 0.312. The van der Waals surface area contributed by atoms with E-state index in [1.807, 2.05) is 0 Å². The zero-order valence-corrected chi connectivity index (χ0v) is 13.2. The van der Waals surface area contributed by atoms with E-state index in [4.69, 9.17) is 11.6 Å². The summed E-state index contributed by atoms with van der Waals surface area (Å²) in [6, 6.07) is 5.16. The first-order chi connectivity index (χ1) is 11.3. The standard InChI is InChI=1S/C16H14ClF4N3/c17-11-2-1-10(13(18)6-11)7-23-15-12(16(19,20)21)5-9-3-4-22-8-14(9)24-15/h1-2,5-6,22H,3-4,7-8H2,(H,23,24). The average molecular weight is 360 g/mol. The normalized spacial score (nSPS) is 14.4. The summed E-state index contributed by atoms with van der Waals surface area (Å²) in [5.41, 5.74) is 0.542. The van der Waals surface area contributed by atoms with Crippen molar-refractivity contribution in [3.05, 3.63) is 57.5 Å². The molecule has 1 aliphatic heterocycles. The minimum Gasteiger partial charge on any atom is -0.365 e. The molecule has 3 nitrogen and oxygen atoms in total. The molecule has 8 heteroatoms. The predicted molar refractivity (Wildman–Crippen MR) is 83.4 cm³/mol. The number of hydrogen-bond acceptors (Lipinski definition) is 3. The Morgan fingerprint density at radius 3 is 2.75 bits per heavy atom. The number of rotatable bonds is 3. The fourth-order valence-corrected chi connectivity index (χ4v) is 2.75. The van der Waals surface area contributed by atoms with E-state index in [-0.39, 0.29) is 22.9 Å². The number of hydrogen-bond donors (Lipinski definition) is 2. The number of alkyl halides is 3. The second-order valence-corrected chi connectivity index (χ2v) is 5.94. The Morgan fingerprint density at radius 1 is 1.25 bits per heavy atom. The van der Waals surface area contributed by atoms with E-state index in [2.05, 4.69) is 15.6 Å². The van der Waals surface area contributed by atoms with Gasteiger partial charge in [0.25, 0.3) is 0 Å². The van der Waals surface area contributed by atoms with E-state index in [0.717, 1.165) is 12.1 Å². The van der Waals surface area contributed by atoms with E-state index in [0.29, 0.717) is 30.8 Å². The highest BCUT2D eigenvalue weighted by molar-refractivity contribution is 6.30. The van der Waals surface area contributed by atoms with Crippen molar-refractivity contribution in [2.75, 3.05) is 11.9 Å². The summed E-state index contributed by atoms with van der Waals surface area (Å²) in [4.78, 5) is 4.10. The number of nitrogens with zero attached hydrogens (tertiary/aromatic N) is 1. The summed E-state index contributed by atoms with van der Waals surface area (Å²) in [5.74, 6) is -0.873. The third kappa shape index (κ3) is 3.62. The van der Waals surface area contributed by atoms with Gasteiger partial charge in [0.05, 0.1) is 11.3 Å². The molecule has 0 aliphatic carbocycles. The van der Waals surface area contributed by atoms with Crippen LogP contribution in [-0.2, 0) is 25.7 Å². The predicted octanol–water partition coefficient (Wildman–Crippen LogP) is 4.15. The number of aromatic nitrogens is 1. The van der Waals surface area contributed by atoms with Crippen molar-refractivity contribution < 1.29 is 17.6 Å². The van der Waals surface area contributed by atoms with Crippen molar-refractivity contribution in [2.45, 2.75) is 25.7 Å². The molecule has 128 valence electrons. The maximum absolute atomic E-state index is 13.8. The largest absolute Gasteiger partial charge is 0.419 e. The third-order valence-electron chi connectivity index (χ3n) is 3.82. The monoisotopic (exact) mass is 359 g/mol. The van der Waals surface area contributed by atoms with Gasteiger partial charge in [-0.15, -0.1) is 0 Å². The number of halogens is 5. The van der Waals surface area contributed by atoms with Crippen molar-refractivity contribution in [3.63, 3.8) is 0 Å². The van der Waals surface area contributed by atoms with Crippen molar-refractivity contribution >= 4 is 17.4 Å². The smallest absolute Gasteiger partial charge is 0.365 e. The van der Waals surface area contributed by atoms with Gasteiger partial charge >= 0.3 is 6.18 Å². The lowest BCUT2D eigenvalue weighted by atomic mass is 10.0. The highest BCUT2D eigenvalue weighted by Gasteiger charge is 2.35. The molecule has 2 N–H and O–H groups in total. The first-order valence-corrected chi connectivity index (χ1v) is 7.71. The summed E-state index contributed by atoms with van der Waals surface area (Å²) in [6.07, 6.45) is -4.04. The van der Waals surface area contributed by atoms with Crippen LogP contribution >= 0.6 is 11.6 Å². The lowest BCUT2D eigenvalue weighted by Crippen LogP contribution is -2.26. The van der Waals surface area contributed by atoms with Gasteiger partial charge in [-0.05, 0) is 36.7 Å². The van der Waals surface area contributed by atoms with Gasteiger partial charge in [-0.2, -0.15) is 13.2 Å². The Labute approximate surface area is 141 Å². The van der Waals surface area contributed by atoms with Gasteiger partial charge in [0, 0.05) is 23.7 Å². The summed E-state index contributed by atoms with van der Waals surface area (Å²) < 4.78 is 53.7. The molecule has 0 saturated heterocycles. The number of pyridine rings is 1. The van der Waals surface area contributed by atoms with Crippen LogP contribution in [0.25, 0.3) is 0 Å². The molecule has 1 aromatic heterocycles. The van der Waals surface area contributed by atoms with Crippen LogP contribution < -0.4 is 10.6 Å². The number of benzene rings is 1. The lowest BCUT2D eigenvalue weighted by Gasteiger charge is -2.21. The van der Waals surface area contributed by atoms with Gasteiger partial charge in [0.15, 0.2) is 0 Å². The zero-order chi connectivity index (χ0) is 17.3. The van der Waals surface area contributed by atoms with Gasteiger partial charge in [0.1, 0.15) is 11.6 Å². The molecule has 0 bridgehead atoms.